The molecule has 0 aliphatic heterocycles. The largest absolute Gasteiger partial charge is 0.361 e. The van der Waals surface area contributed by atoms with Gasteiger partial charge in [0.15, 0.2) is 0 Å². The van der Waals surface area contributed by atoms with Crippen molar-refractivity contribution in [3.8, 4) is 0 Å². The molecule has 102 valence electrons. The molecule has 0 fully saturated rings. The molecule has 3 aromatic rings. The molecule has 0 radical (unpaired) electrons. The van der Waals surface area contributed by atoms with Crippen molar-refractivity contribution < 1.29 is 8.42 Å². The number of fused-ring (bicyclic) bond motifs is 1. The Kier molecular flexibility index (Phi) is 3.16. The van der Waals surface area contributed by atoms with Crippen LogP contribution in [-0.4, -0.2) is 13.4 Å². The van der Waals surface area contributed by atoms with Gasteiger partial charge in [-0.3, -0.25) is 4.72 Å². The maximum Gasteiger partial charge on any atom is 0.263 e. The lowest BCUT2D eigenvalue weighted by atomic mass is 10.2. The molecule has 0 aliphatic rings. The average molecular weight is 307 g/mol. The molecule has 2 aromatic carbocycles. The van der Waals surface area contributed by atoms with Crippen LogP contribution in [0.2, 0.25) is 5.02 Å². The molecule has 0 saturated carbocycles. The number of anilines is 1. The quantitative estimate of drug-likeness (QED) is 0.776. The van der Waals surface area contributed by atoms with E-state index in [1.54, 1.807) is 36.5 Å². The van der Waals surface area contributed by atoms with E-state index in [1.165, 1.54) is 6.07 Å². The van der Waals surface area contributed by atoms with Crippen molar-refractivity contribution in [2.45, 2.75) is 4.90 Å². The van der Waals surface area contributed by atoms with Gasteiger partial charge in [-0.1, -0.05) is 23.7 Å². The van der Waals surface area contributed by atoms with Crippen molar-refractivity contribution in [1.82, 2.24) is 4.98 Å². The normalized spacial score (nSPS) is 11.7. The number of hydrogen-bond donors (Lipinski definition) is 2. The van der Waals surface area contributed by atoms with Crippen LogP contribution in [0.4, 0.5) is 5.69 Å². The summed E-state index contributed by atoms with van der Waals surface area (Å²) < 4.78 is 27.1. The van der Waals surface area contributed by atoms with Crippen molar-refractivity contribution in [1.29, 1.82) is 0 Å². The average Bonchev–Trinajstić information content (AvgIpc) is 2.86. The fourth-order valence-electron chi connectivity index (χ4n) is 1.99. The molecule has 0 saturated heterocycles. The van der Waals surface area contributed by atoms with Crippen LogP contribution in [0.5, 0.6) is 0 Å². The van der Waals surface area contributed by atoms with E-state index in [0.717, 1.165) is 10.9 Å². The Hall–Kier alpha value is -1.98. The zero-order chi connectivity index (χ0) is 14.2. The minimum Gasteiger partial charge on any atom is -0.361 e. The van der Waals surface area contributed by atoms with Crippen molar-refractivity contribution in [3.63, 3.8) is 0 Å². The third-order valence-corrected chi connectivity index (χ3v) is 4.81. The highest BCUT2D eigenvalue weighted by Gasteiger charge is 2.17. The van der Waals surface area contributed by atoms with Crippen molar-refractivity contribution >= 4 is 38.2 Å². The molecule has 0 aliphatic carbocycles. The lowest BCUT2D eigenvalue weighted by molar-refractivity contribution is 0.601. The summed E-state index contributed by atoms with van der Waals surface area (Å²) in [5.41, 5.74) is 1.45. The highest BCUT2D eigenvalue weighted by molar-refractivity contribution is 7.92. The summed E-state index contributed by atoms with van der Waals surface area (Å²) in [6.45, 7) is 0. The zero-order valence-electron chi connectivity index (χ0n) is 10.3. The van der Waals surface area contributed by atoms with Crippen LogP contribution in [0.15, 0.2) is 59.6 Å². The van der Waals surface area contributed by atoms with Crippen LogP contribution >= 0.6 is 11.6 Å². The van der Waals surface area contributed by atoms with Gasteiger partial charge in [0.2, 0.25) is 0 Å². The Morgan fingerprint density at radius 2 is 1.85 bits per heavy atom. The van der Waals surface area contributed by atoms with E-state index in [0.29, 0.717) is 5.69 Å². The second-order valence-corrected chi connectivity index (χ2v) is 6.37. The predicted octanol–water partition coefficient (Wildman–Crippen LogP) is 3.62. The molecule has 20 heavy (non-hydrogen) atoms. The van der Waals surface area contributed by atoms with E-state index in [1.807, 2.05) is 12.1 Å². The second kappa shape index (κ2) is 4.85. The van der Waals surface area contributed by atoms with Gasteiger partial charge in [0.25, 0.3) is 10.0 Å². The van der Waals surface area contributed by atoms with Crippen LogP contribution in [0.1, 0.15) is 0 Å². The molecule has 0 bridgehead atoms. The maximum atomic E-state index is 12.3. The standard InChI is InChI=1S/C14H11ClN2O2S/c15-12-3-1-2-4-14(12)20(18,19)17-11-5-6-13-10(9-11)7-8-16-13/h1-9,16-17H. The molecule has 2 N–H and O–H groups in total. The molecule has 4 nitrogen and oxygen atoms in total. The molecular weight excluding hydrogens is 296 g/mol. The molecular formula is C14H11ClN2O2S. The van der Waals surface area contributed by atoms with E-state index in [-0.39, 0.29) is 9.92 Å². The molecule has 0 spiro atoms. The fraction of sp³-hybridized carbons (Fsp3) is 0. The first-order valence-corrected chi connectivity index (χ1v) is 7.77. The Morgan fingerprint density at radius 1 is 1.05 bits per heavy atom. The Labute approximate surface area is 121 Å². The highest BCUT2D eigenvalue weighted by atomic mass is 35.5. The minimum atomic E-state index is -3.69. The van der Waals surface area contributed by atoms with Crippen molar-refractivity contribution in [2.24, 2.45) is 0 Å². The fourth-order valence-corrected chi connectivity index (χ4v) is 3.56. The summed E-state index contributed by atoms with van der Waals surface area (Å²) in [5, 5.41) is 1.13. The van der Waals surface area contributed by atoms with Gasteiger partial charge < -0.3 is 4.98 Å². The molecule has 1 aromatic heterocycles. The molecule has 0 unspecified atom stereocenters. The minimum absolute atomic E-state index is 0.0656. The summed E-state index contributed by atoms with van der Waals surface area (Å²) in [7, 11) is -3.69. The maximum absolute atomic E-state index is 12.3. The van der Waals surface area contributed by atoms with Gasteiger partial charge in [-0.2, -0.15) is 0 Å². The summed E-state index contributed by atoms with van der Waals surface area (Å²) >= 11 is 5.93. The number of aromatic amines is 1. The monoisotopic (exact) mass is 306 g/mol. The van der Waals surface area contributed by atoms with Gasteiger partial charge in [0, 0.05) is 22.8 Å². The first-order valence-electron chi connectivity index (χ1n) is 5.91. The van der Waals surface area contributed by atoms with Gasteiger partial charge in [-0.25, -0.2) is 8.42 Å². The summed E-state index contributed by atoms with van der Waals surface area (Å²) in [5.74, 6) is 0. The van der Waals surface area contributed by atoms with Crippen LogP contribution in [-0.2, 0) is 10.0 Å². The topological polar surface area (TPSA) is 62.0 Å². The smallest absolute Gasteiger partial charge is 0.263 e. The number of rotatable bonds is 3. The van der Waals surface area contributed by atoms with E-state index >= 15 is 0 Å². The van der Waals surface area contributed by atoms with Gasteiger partial charge >= 0.3 is 0 Å². The first kappa shape index (κ1) is 13.0. The van der Waals surface area contributed by atoms with Crippen molar-refractivity contribution in [2.75, 3.05) is 4.72 Å². The van der Waals surface area contributed by atoms with Gasteiger partial charge in [-0.05, 0) is 36.4 Å². The van der Waals surface area contributed by atoms with Crippen molar-refractivity contribution in [3.05, 3.63) is 59.8 Å². The number of H-pyrrole nitrogens is 1. The Balaban J connectivity index is 1.99. The van der Waals surface area contributed by atoms with Gasteiger partial charge in [0.1, 0.15) is 4.90 Å². The molecule has 0 atom stereocenters. The lowest BCUT2D eigenvalue weighted by Crippen LogP contribution is -2.13. The molecule has 3 rings (SSSR count). The van der Waals surface area contributed by atoms with Gasteiger partial charge in [-0.15, -0.1) is 0 Å². The third-order valence-electron chi connectivity index (χ3n) is 2.93. The van der Waals surface area contributed by atoms with Crippen LogP contribution in [0.3, 0.4) is 0 Å². The molecule has 1 heterocycles. The Bertz CT molecular complexity index is 872. The highest BCUT2D eigenvalue weighted by Crippen LogP contribution is 2.24. The second-order valence-electron chi connectivity index (χ2n) is 4.32. The summed E-state index contributed by atoms with van der Waals surface area (Å²) in [6, 6.07) is 13.5. The van der Waals surface area contributed by atoms with E-state index < -0.39 is 10.0 Å². The van der Waals surface area contributed by atoms with Crippen LogP contribution in [0, 0.1) is 0 Å². The molecule has 0 amide bonds. The van der Waals surface area contributed by atoms with Crippen LogP contribution < -0.4 is 4.72 Å². The van der Waals surface area contributed by atoms with E-state index in [2.05, 4.69) is 9.71 Å². The summed E-state index contributed by atoms with van der Waals surface area (Å²) in [6.07, 6.45) is 1.80. The number of benzene rings is 2. The predicted molar refractivity (Wildman–Crippen MR) is 80.6 cm³/mol. The first-order chi connectivity index (χ1) is 9.56. The number of sulfonamides is 1. The third kappa shape index (κ3) is 2.37. The summed E-state index contributed by atoms with van der Waals surface area (Å²) in [4.78, 5) is 3.12. The van der Waals surface area contributed by atoms with Crippen LogP contribution in [0.25, 0.3) is 10.9 Å². The van der Waals surface area contributed by atoms with E-state index in [9.17, 15) is 8.42 Å². The zero-order valence-corrected chi connectivity index (χ0v) is 11.9. The molecule has 6 heteroatoms. The number of hydrogen-bond acceptors (Lipinski definition) is 2. The van der Waals surface area contributed by atoms with E-state index in [4.69, 9.17) is 11.6 Å². The number of halogens is 1. The van der Waals surface area contributed by atoms with Gasteiger partial charge in [0.05, 0.1) is 5.02 Å². The number of nitrogens with one attached hydrogen (secondary N) is 2. The number of aromatic nitrogens is 1. The lowest BCUT2D eigenvalue weighted by Gasteiger charge is -2.09. The SMILES string of the molecule is O=S(=O)(Nc1ccc2[nH]ccc2c1)c1ccccc1Cl. The Morgan fingerprint density at radius 3 is 2.65 bits per heavy atom.